The first-order valence-corrected chi connectivity index (χ1v) is 8.55. The molecular weight excluding hydrogens is 314 g/mol. The molecule has 1 amide bonds. The molecule has 2 fully saturated rings. The van der Waals surface area contributed by atoms with Crippen molar-refractivity contribution in [3.05, 3.63) is 29.8 Å². The number of piperidine rings is 1. The van der Waals surface area contributed by atoms with Gasteiger partial charge in [-0.2, -0.15) is 8.78 Å². The second kappa shape index (κ2) is 7.05. The summed E-state index contributed by atoms with van der Waals surface area (Å²) in [5, 5.41) is 0. The van der Waals surface area contributed by atoms with E-state index >= 15 is 0 Å². The fourth-order valence-corrected chi connectivity index (χ4v) is 3.78. The van der Waals surface area contributed by atoms with E-state index in [1.54, 1.807) is 18.2 Å². The Morgan fingerprint density at radius 1 is 1.38 bits per heavy atom. The number of rotatable bonds is 5. The Bertz CT molecular complexity index is 596. The van der Waals surface area contributed by atoms with Crippen molar-refractivity contribution in [2.24, 2.45) is 17.6 Å². The first kappa shape index (κ1) is 17.1. The minimum absolute atomic E-state index is 0.0368. The lowest BCUT2D eigenvalue weighted by Crippen LogP contribution is -2.49. The summed E-state index contributed by atoms with van der Waals surface area (Å²) < 4.78 is 29.7. The van der Waals surface area contributed by atoms with Gasteiger partial charge in [0, 0.05) is 25.0 Å². The molecule has 0 bridgehead atoms. The summed E-state index contributed by atoms with van der Waals surface area (Å²) in [6.07, 6.45) is 2.61. The second-order valence-corrected chi connectivity index (χ2v) is 6.92. The lowest BCUT2D eigenvalue weighted by Gasteiger charge is -2.38. The number of carbonyl (C=O) groups excluding carboxylic acids is 1. The van der Waals surface area contributed by atoms with Gasteiger partial charge < -0.3 is 15.4 Å². The fraction of sp³-hybridized carbons (Fsp3) is 0.611. The molecule has 24 heavy (non-hydrogen) atoms. The highest BCUT2D eigenvalue weighted by molar-refractivity contribution is 5.83. The molecule has 3 rings (SSSR count). The zero-order valence-corrected chi connectivity index (χ0v) is 13.8. The van der Waals surface area contributed by atoms with Gasteiger partial charge in [0.2, 0.25) is 5.91 Å². The normalized spacial score (nSPS) is 29.6. The van der Waals surface area contributed by atoms with Gasteiger partial charge in [-0.15, -0.1) is 0 Å². The molecule has 2 aliphatic rings. The number of carbonyl (C=O) groups is 1. The van der Waals surface area contributed by atoms with E-state index in [1.165, 1.54) is 6.07 Å². The number of ether oxygens (including phenoxy) is 1. The Morgan fingerprint density at radius 2 is 2.12 bits per heavy atom. The van der Waals surface area contributed by atoms with Crippen molar-refractivity contribution in [1.29, 1.82) is 0 Å². The van der Waals surface area contributed by atoms with E-state index in [1.807, 2.05) is 4.90 Å². The Morgan fingerprint density at radius 3 is 2.83 bits per heavy atom. The van der Waals surface area contributed by atoms with Gasteiger partial charge in [-0.25, -0.2) is 0 Å². The molecule has 132 valence electrons. The average Bonchev–Trinajstić information content (AvgIpc) is 3.34. The van der Waals surface area contributed by atoms with Crippen molar-refractivity contribution in [2.75, 3.05) is 13.1 Å². The molecule has 0 radical (unpaired) electrons. The van der Waals surface area contributed by atoms with Crippen molar-refractivity contribution < 1.29 is 18.3 Å². The van der Waals surface area contributed by atoms with E-state index < -0.39 is 6.61 Å². The maximum absolute atomic E-state index is 12.8. The van der Waals surface area contributed by atoms with E-state index in [0.29, 0.717) is 24.4 Å². The van der Waals surface area contributed by atoms with Gasteiger partial charge in [0.05, 0.1) is 0 Å². The van der Waals surface area contributed by atoms with Crippen LogP contribution in [0.25, 0.3) is 0 Å². The van der Waals surface area contributed by atoms with Crippen LogP contribution in [-0.2, 0) is 4.79 Å². The predicted octanol–water partition coefficient (Wildman–Crippen LogP) is 2.98. The summed E-state index contributed by atoms with van der Waals surface area (Å²) >= 11 is 0. The van der Waals surface area contributed by atoms with Gasteiger partial charge in [-0.3, -0.25) is 4.79 Å². The molecule has 1 aromatic carbocycles. The van der Waals surface area contributed by atoms with Crippen molar-refractivity contribution in [2.45, 2.75) is 44.8 Å². The van der Waals surface area contributed by atoms with Crippen molar-refractivity contribution in [1.82, 2.24) is 4.90 Å². The molecule has 0 aromatic heterocycles. The standard InChI is InChI=1S/C18H24F2N2O2/c1-11-6-7-22(12(8-11)10-21)17(23)15-9-14(15)13-4-2-3-5-16(13)24-18(19)20/h2-5,11-12,14-15,18H,6-10,21H2,1H3. The number of likely N-dealkylation sites (tertiary alicyclic amines) is 1. The highest BCUT2D eigenvalue weighted by atomic mass is 19.3. The number of hydrogen-bond donors (Lipinski definition) is 1. The minimum atomic E-state index is -2.86. The SMILES string of the molecule is CC1CCN(C(=O)C2CC2c2ccccc2OC(F)F)C(CN)C1. The number of nitrogens with two attached hydrogens (primary N) is 1. The third kappa shape index (κ3) is 3.53. The topological polar surface area (TPSA) is 55.6 Å². The molecule has 1 saturated heterocycles. The van der Waals surface area contributed by atoms with Gasteiger partial charge in [-0.05, 0) is 42.7 Å². The van der Waals surface area contributed by atoms with Crippen LogP contribution in [0.2, 0.25) is 0 Å². The van der Waals surface area contributed by atoms with Crippen LogP contribution in [0.3, 0.4) is 0 Å². The quantitative estimate of drug-likeness (QED) is 0.898. The largest absolute Gasteiger partial charge is 0.435 e. The molecule has 1 heterocycles. The summed E-state index contributed by atoms with van der Waals surface area (Å²) in [6.45, 7) is 0.533. The third-order valence-corrected chi connectivity index (χ3v) is 5.18. The van der Waals surface area contributed by atoms with Gasteiger partial charge in [0.15, 0.2) is 0 Å². The molecular formula is C18H24F2N2O2. The van der Waals surface area contributed by atoms with E-state index in [0.717, 1.165) is 19.4 Å². The molecule has 4 unspecified atom stereocenters. The van der Waals surface area contributed by atoms with E-state index in [2.05, 4.69) is 11.7 Å². The van der Waals surface area contributed by atoms with Crippen LogP contribution in [-0.4, -0.2) is 36.5 Å². The summed E-state index contributed by atoms with van der Waals surface area (Å²) in [6, 6.07) is 6.85. The van der Waals surface area contributed by atoms with Crippen molar-refractivity contribution in [3.8, 4) is 5.75 Å². The van der Waals surface area contributed by atoms with Crippen molar-refractivity contribution in [3.63, 3.8) is 0 Å². The average molecular weight is 338 g/mol. The van der Waals surface area contributed by atoms with Gasteiger partial charge in [-0.1, -0.05) is 25.1 Å². The molecule has 1 aliphatic heterocycles. The highest BCUT2D eigenvalue weighted by Crippen LogP contribution is 2.51. The fourth-order valence-electron chi connectivity index (χ4n) is 3.78. The second-order valence-electron chi connectivity index (χ2n) is 6.92. The van der Waals surface area contributed by atoms with Crippen LogP contribution in [0, 0.1) is 11.8 Å². The van der Waals surface area contributed by atoms with Gasteiger partial charge in [0.1, 0.15) is 5.75 Å². The van der Waals surface area contributed by atoms with Crippen LogP contribution in [0.1, 0.15) is 37.7 Å². The zero-order valence-electron chi connectivity index (χ0n) is 13.8. The van der Waals surface area contributed by atoms with Crippen LogP contribution in [0.5, 0.6) is 5.75 Å². The zero-order chi connectivity index (χ0) is 17.3. The molecule has 0 spiro atoms. The molecule has 2 N–H and O–H groups in total. The van der Waals surface area contributed by atoms with E-state index in [9.17, 15) is 13.6 Å². The number of amides is 1. The Kier molecular flexibility index (Phi) is 5.04. The van der Waals surface area contributed by atoms with Crippen LogP contribution in [0.4, 0.5) is 8.78 Å². The summed E-state index contributed by atoms with van der Waals surface area (Å²) in [5.74, 6) is 0.683. The molecule has 4 nitrogen and oxygen atoms in total. The minimum Gasteiger partial charge on any atom is -0.435 e. The van der Waals surface area contributed by atoms with Crippen LogP contribution >= 0.6 is 0 Å². The summed E-state index contributed by atoms with van der Waals surface area (Å²) in [4.78, 5) is 14.7. The number of para-hydroxylation sites is 1. The van der Waals surface area contributed by atoms with Crippen LogP contribution < -0.4 is 10.5 Å². The highest BCUT2D eigenvalue weighted by Gasteiger charge is 2.48. The lowest BCUT2D eigenvalue weighted by atomic mass is 9.92. The predicted molar refractivity (Wildman–Crippen MR) is 86.9 cm³/mol. The summed E-state index contributed by atoms with van der Waals surface area (Å²) in [5.41, 5.74) is 6.54. The smallest absolute Gasteiger partial charge is 0.387 e. The van der Waals surface area contributed by atoms with Crippen LogP contribution in [0.15, 0.2) is 24.3 Å². The first-order valence-electron chi connectivity index (χ1n) is 8.55. The number of nitrogens with zero attached hydrogens (tertiary/aromatic N) is 1. The Hall–Kier alpha value is -1.69. The first-order chi connectivity index (χ1) is 11.5. The van der Waals surface area contributed by atoms with E-state index in [4.69, 9.17) is 5.73 Å². The maximum atomic E-state index is 12.8. The maximum Gasteiger partial charge on any atom is 0.387 e. The lowest BCUT2D eigenvalue weighted by molar-refractivity contribution is -0.136. The van der Waals surface area contributed by atoms with Crippen molar-refractivity contribution >= 4 is 5.91 Å². The molecule has 1 saturated carbocycles. The molecule has 1 aromatic rings. The Balaban J connectivity index is 1.70. The number of halogens is 2. The number of benzene rings is 1. The molecule has 1 aliphatic carbocycles. The monoisotopic (exact) mass is 338 g/mol. The van der Waals surface area contributed by atoms with Gasteiger partial charge in [0.25, 0.3) is 0 Å². The number of hydrogen-bond acceptors (Lipinski definition) is 3. The molecule has 6 heteroatoms. The summed E-state index contributed by atoms with van der Waals surface area (Å²) in [7, 11) is 0. The van der Waals surface area contributed by atoms with Gasteiger partial charge >= 0.3 is 6.61 Å². The number of alkyl halides is 2. The Labute approximate surface area is 141 Å². The third-order valence-electron chi connectivity index (χ3n) is 5.18. The molecule has 4 atom stereocenters. The van der Waals surface area contributed by atoms with E-state index in [-0.39, 0.29) is 29.5 Å².